The number of hydrogen-bond donors (Lipinski definition) is 3. The second-order valence-electron chi connectivity index (χ2n) is 3.96. The zero-order valence-electron chi connectivity index (χ0n) is 10.5. The molecule has 104 valence electrons. The van der Waals surface area contributed by atoms with E-state index in [1.54, 1.807) is 6.07 Å². The third-order valence-corrected chi connectivity index (χ3v) is 2.36. The molecule has 19 heavy (non-hydrogen) atoms. The van der Waals surface area contributed by atoms with Gasteiger partial charge in [0.1, 0.15) is 6.04 Å². The number of hydrogen-bond acceptors (Lipinski definition) is 4. The molecule has 0 saturated carbocycles. The first-order valence-corrected chi connectivity index (χ1v) is 5.84. The van der Waals surface area contributed by atoms with Crippen molar-refractivity contribution in [3.8, 4) is 0 Å². The average molecular weight is 268 g/mol. The largest absolute Gasteiger partial charge is 0.480 e. The standard InChI is InChI=1S/C12H16N2O5/c1-8(12(17)18)14-10(15)5-2-6-13-11(16)9-4-3-7-19-9/h3-4,7-8H,2,5-6H2,1H3,(H,13,16)(H,14,15)(H,17,18)/t8-/m0/s1. The molecule has 1 aromatic rings. The maximum absolute atomic E-state index is 11.4. The first-order valence-electron chi connectivity index (χ1n) is 5.84. The SMILES string of the molecule is C[C@H](NC(=O)CCCNC(=O)c1ccco1)C(=O)O. The molecule has 0 fully saturated rings. The Morgan fingerprint density at radius 1 is 1.42 bits per heavy atom. The second-order valence-corrected chi connectivity index (χ2v) is 3.96. The zero-order valence-corrected chi connectivity index (χ0v) is 10.5. The Morgan fingerprint density at radius 3 is 2.74 bits per heavy atom. The summed E-state index contributed by atoms with van der Waals surface area (Å²) in [5.41, 5.74) is 0. The number of carbonyl (C=O) groups is 3. The topological polar surface area (TPSA) is 109 Å². The summed E-state index contributed by atoms with van der Waals surface area (Å²) in [5.74, 6) is -1.57. The summed E-state index contributed by atoms with van der Waals surface area (Å²) in [4.78, 5) is 33.3. The molecule has 1 atom stereocenters. The molecule has 0 aliphatic rings. The lowest BCUT2D eigenvalue weighted by Crippen LogP contribution is -2.38. The summed E-state index contributed by atoms with van der Waals surface area (Å²) in [5, 5.41) is 13.5. The van der Waals surface area contributed by atoms with Crippen LogP contribution in [0.15, 0.2) is 22.8 Å². The van der Waals surface area contributed by atoms with E-state index in [2.05, 4.69) is 10.6 Å². The van der Waals surface area contributed by atoms with Crippen LogP contribution < -0.4 is 10.6 Å². The molecule has 0 radical (unpaired) electrons. The van der Waals surface area contributed by atoms with E-state index in [-0.39, 0.29) is 24.0 Å². The number of amides is 2. The van der Waals surface area contributed by atoms with E-state index in [0.717, 1.165) is 0 Å². The summed E-state index contributed by atoms with van der Waals surface area (Å²) < 4.78 is 4.90. The van der Waals surface area contributed by atoms with Crippen LogP contribution in [-0.4, -0.2) is 35.5 Å². The average Bonchev–Trinajstić information content (AvgIpc) is 2.88. The molecule has 0 unspecified atom stereocenters. The lowest BCUT2D eigenvalue weighted by molar-refractivity contribution is -0.141. The molecule has 3 N–H and O–H groups in total. The first kappa shape index (κ1) is 14.7. The van der Waals surface area contributed by atoms with Crippen molar-refractivity contribution in [1.82, 2.24) is 10.6 Å². The maximum Gasteiger partial charge on any atom is 0.325 e. The van der Waals surface area contributed by atoms with Crippen molar-refractivity contribution in [3.63, 3.8) is 0 Å². The molecule has 1 rings (SSSR count). The maximum atomic E-state index is 11.4. The van der Waals surface area contributed by atoms with Crippen molar-refractivity contribution in [2.24, 2.45) is 0 Å². The number of carboxylic acids is 1. The van der Waals surface area contributed by atoms with E-state index >= 15 is 0 Å². The molecular formula is C12H16N2O5. The van der Waals surface area contributed by atoms with Crippen LogP contribution in [0.3, 0.4) is 0 Å². The molecular weight excluding hydrogens is 252 g/mol. The van der Waals surface area contributed by atoms with Crippen LogP contribution in [0.4, 0.5) is 0 Å². The molecule has 0 saturated heterocycles. The monoisotopic (exact) mass is 268 g/mol. The summed E-state index contributed by atoms with van der Waals surface area (Å²) in [6, 6.07) is 2.23. The summed E-state index contributed by atoms with van der Waals surface area (Å²) in [7, 11) is 0. The molecule has 0 aromatic carbocycles. The van der Waals surface area contributed by atoms with E-state index < -0.39 is 12.0 Å². The Bertz CT molecular complexity index is 441. The Labute approximate surface area is 110 Å². The Hall–Kier alpha value is -2.31. The summed E-state index contributed by atoms with van der Waals surface area (Å²) in [6.45, 7) is 1.70. The predicted octanol–water partition coefficient (Wildman–Crippen LogP) is 0.379. The van der Waals surface area contributed by atoms with Gasteiger partial charge in [-0.3, -0.25) is 14.4 Å². The highest BCUT2D eigenvalue weighted by atomic mass is 16.4. The van der Waals surface area contributed by atoms with Crippen molar-refractivity contribution in [3.05, 3.63) is 24.2 Å². The van der Waals surface area contributed by atoms with Gasteiger partial charge in [-0.05, 0) is 25.5 Å². The summed E-state index contributed by atoms with van der Waals surface area (Å²) >= 11 is 0. The van der Waals surface area contributed by atoms with Crippen molar-refractivity contribution in [2.45, 2.75) is 25.8 Å². The minimum Gasteiger partial charge on any atom is -0.480 e. The first-order chi connectivity index (χ1) is 9.00. The van der Waals surface area contributed by atoms with Gasteiger partial charge in [0.25, 0.3) is 5.91 Å². The van der Waals surface area contributed by atoms with Crippen LogP contribution in [0.2, 0.25) is 0 Å². The van der Waals surface area contributed by atoms with Crippen molar-refractivity contribution in [2.75, 3.05) is 6.54 Å². The number of carboxylic acid groups (broad SMARTS) is 1. The van der Waals surface area contributed by atoms with E-state index in [1.807, 2.05) is 0 Å². The number of nitrogens with one attached hydrogen (secondary N) is 2. The molecule has 7 heteroatoms. The number of rotatable bonds is 7. The van der Waals surface area contributed by atoms with Gasteiger partial charge in [-0.1, -0.05) is 0 Å². The Morgan fingerprint density at radius 2 is 2.16 bits per heavy atom. The van der Waals surface area contributed by atoms with E-state index in [9.17, 15) is 14.4 Å². The third kappa shape index (κ3) is 5.24. The van der Waals surface area contributed by atoms with Gasteiger partial charge in [0.05, 0.1) is 6.26 Å². The van der Waals surface area contributed by atoms with Crippen LogP contribution in [0.1, 0.15) is 30.3 Å². The highest BCUT2D eigenvalue weighted by Crippen LogP contribution is 1.99. The van der Waals surface area contributed by atoms with Gasteiger partial charge in [-0.2, -0.15) is 0 Å². The normalized spacial score (nSPS) is 11.6. The lowest BCUT2D eigenvalue weighted by atomic mass is 10.2. The molecule has 7 nitrogen and oxygen atoms in total. The van der Waals surface area contributed by atoms with Gasteiger partial charge < -0.3 is 20.2 Å². The highest BCUT2D eigenvalue weighted by Gasteiger charge is 2.13. The van der Waals surface area contributed by atoms with Crippen LogP contribution in [0, 0.1) is 0 Å². The van der Waals surface area contributed by atoms with Crippen LogP contribution in [0.25, 0.3) is 0 Å². The van der Waals surface area contributed by atoms with Gasteiger partial charge in [-0.15, -0.1) is 0 Å². The highest BCUT2D eigenvalue weighted by molar-refractivity contribution is 5.91. The van der Waals surface area contributed by atoms with Crippen LogP contribution in [-0.2, 0) is 9.59 Å². The fourth-order valence-electron chi connectivity index (χ4n) is 1.32. The molecule has 2 amide bonds. The molecule has 0 bridgehead atoms. The second kappa shape index (κ2) is 7.20. The van der Waals surface area contributed by atoms with E-state index in [4.69, 9.17) is 9.52 Å². The van der Waals surface area contributed by atoms with Gasteiger partial charge in [0.15, 0.2) is 5.76 Å². The fourth-order valence-corrected chi connectivity index (χ4v) is 1.32. The van der Waals surface area contributed by atoms with Gasteiger partial charge in [0.2, 0.25) is 5.91 Å². The molecule has 0 aliphatic heterocycles. The molecule has 1 aromatic heterocycles. The number of carbonyl (C=O) groups excluding carboxylic acids is 2. The van der Waals surface area contributed by atoms with Crippen LogP contribution in [0.5, 0.6) is 0 Å². The lowest BCUT2D eigenvalue weighted by Gasteiger charge is -2.09. The van der Waals surface area contributed by atoms with E-state index in [0.29, 0.717) is 13.0 Å². The minimum absolute atomic E-state index is 0.149. The summed E-state index contributed by atoms with van der Waals surface area (Å²) in [6.07, 6.45) is 1.97. The Kier molecular flexibility index (Phi) is 5.59. The fraction of sp³-hybridized carbons (Fsp3) is 0.417. The van der Waals surface area contributed by atoms with Crippen molar-refractivity contribution < 1.29 is 23.9 Å². The minimum atomic E-state index is -1.08. The predicted molar refractivity (Wildman–Crippen MR) is 65.5 cm³/mol. The number of furan rings is 1. The smallest absolute Gasteiger partial charge is 0.325 e. The van der Waals surface area contributed by atoms with Crippen molar-refractivity contribution >= 4 is 17.8 Å². The quantitative estimate of drug-likeness (QED) is 0.619. The van der Waals surface area contributed by atoms with Gasteiger partial charge in [0, 0.05) is 13.0 Å². The van der Waals surface area contributed by atoms with E-state index in [1.165, 1.54) is 19.3 Å². The zero-order chi connectivity index (χ0) is 14.3. The van der Waals surface area contributed by atoms with Gasteiger partial charge in [-0.25, -0.2) is 0 Å². The molecule has 0 spiro atoms. The molecule has 1 heterocycles. The van der Waals surface area contributed by atoms with Crippen molar-refractivity contribution in [1.29, 1.82) is 0 Å². The molecule has 0 aliphatic carbocycles. The van der Waals surface area contributed by atoms with Gasteiger partial charge >= 0.3 is 5.97 Å². The van der Waals surface area contributed by atoms with Crippen LogP contribution >= 0.6 is 0 Å². The number of aliphatic carboxylic acids is 1. The Balaban J connectivity index is 2.15. The third-order valence-electron chi connectivity index (χ3n) is 2.36.